The fraction of sp³-hybridized carbons (Fsp3) is 0.400. The van der Waals surface area contributed by atoms with Gasteiger partial charge in [0, 0.05) is 6.04 Å². The highest BCUT2D eigenvalue weighted by atomic mass is 35.5. The lowest BCUT2D eigenvalue weighted by Crippen LogP contribution is -2.35. The van der Waals surface area contributed by atoms with Gasteiger partial charge in [-0.15, -0.1) is 0 Å². The number of sulfone groups is 1. The minimum Gasteiger partial charge on any atom is -0.379 e. The molecule has 0 fully saturated rings. The van der Waals surface area contributed by atoms with E-state index in [1.807, 2.05) is 0 Å². The zero-order valence-electron chi connectivity index (χ0n) is 8.61. The molecule has 2 rings (SSSR count). The molecule has 0 amide bonds. The van der Waals surface area contributed by atoms with Crippen LogP contribution in [-0.2, 0) is 9.84 Å². The molecule has 1 aliphatic heterocycles. The number of benzene rings is 1. The molecule has 16 heavy (non-hydrogen) atoms. The lowest BCUT2D eigenvalue weighted by atomic mass is 10.2. The average molecular weight is 261 g/mol. The Hall–Kier alpha value is -0.780. The van der Waals surface area contributed by atoms with Gasteiger partial charge < -0.3 is 11.1 Å². The van der Waals surface area contributed by atoms with Gasteiger partial charge in [-0.2, -0.15) is 0 Å². The van der Waals surface area contributed by atoms with Gasteiger partial charge in [0.15, 0.2) is 9.84 Å². The number of nitrogens with one attached hydrogen (secondary N) is 1. The van der Waals surface area contributed by atoms with Crippen LogP contribution in [0.15, 0.2) is 23.1 Å². The van der Waals surface area contributed by atoms with Gasteiger partial charge in [0.1, 0.15) is 0 Å². The quantitative estimate of drug-likeness (QED) is 0.840. The first-order valence-electron chi connectivity index (χ1n) is 5.02. The largest absolute Gasteiger partial charge is 0.379 e. The summed E-state index contributed by atoms with van der Waals surface area (Å²) in [6.07, 6.45) is 0.615. The van der Waals surface area contributed by atoms with E-state index in [4.69, 9.17) is 17.3 Å². The SMILES string of the molecule is NCCC1CS(=O)(=O)c2cccc(Cl)c2N1. The Bertz CT molecular complexity index is 502. The van der Waals surface area contributed by atoms with Crippen LogP contribution in [-0.4, -0.2) is 26.8 Å². The van der Waals surface area contributed by atoms with Crippen LogP contribution in [0.4, 0.5) is 5.69 Å². The van der Waals surface area contributed by atoms with Gasteiger partial charge in [0.25, 0.3) is 0 Å². The Balaban J connectivity index is 2.48. The minimum absolute atomic E-state index is 0.0809. The fourth-order valence-corrected chi connectivity index (χ4v) is 3.87. The Morgan fingerprint density at radius 2 is 2.25 bits per heavy atom. The van der Waals surface area contributed by atoms with Crippen LogP contribution >= 0.6 is 11.6 Å². The summed E-state index contributed by atoms with van der Waals surface area (Å²) in [5.41, 5.74) is 5.95. The highest BCUT2D eigenvalue weighted by molar-refractivity contribution is 7.91. The van der Waals surface area contributed by atoms with Gasteiger partial charge in [-0.05, 0) is 25.1 Å². The molecule has 0 saturated heterocycles. The normalized spacial score (nSPS) is 22.2. The average Bonchev–Trinajstić information content (AvgIpc) is 2.19. The summed E-state index contributed by atoms with van der Waals surface area (Å²) < 4.78 is 23.9. The van der Waals surface area contributed by atoms with Crippen molar-refractivity contribution in [2.75, 3.05) is 17.6 Å². The van der Waals surface area contributed by atoms with E-state index in [-0.39, 0.29) is 16.7 Å². The van der Waals surface area contributed by atoms with Crippen molar-refractivity contribution < 1.29 is 8.42 Å². The molecule has 1 aromatic carbocycles. The maximum absolute atomic E-state index is 12.0. The number of hydrogen-bond acceptors (Lipinski definition) is 4. The lowest BCUT2D eigenvalue weighted by Gasteiger charge is -2.27. The van der Waals surface area contributed by atoms with Crippen LogP contribution in [0.25, 0.3) is 0 Å². The Kier molecular flexibility index (Phi) is 3.10. The summed E-state index contributed by atoms with van der Waals surface area (Å²) in [6, 6.07) is 4.74. The van der Waals surface area contributed by atoms with Crippen LogP contribution in [0.1, 0.15) is 6.42 Å². The van der Waals surface area contributed by atoms with E-state index < -0.39 is 9.84 Å². The number of nitrogens with two attached hydrogens (primary N) is 1. The molecule has 1 aliphatic rings. The van der Waals surface area contributed by atoms with E-state index in [1.165, 1.54) is 0 Å². The van der Waals surface area contributed by atoms with E-state index in [1.54, 1.807) is 18.2 Å². The Morgan fingerprint density at radius 3 is 2.94 bits per heavy atom. The van der Waals surface area contributed by atoms with E-state index in [0.29, 0.717) is 23.7 Å². The summed E-state index contributed by atoms with van der Waals surface area (Å²) >= 11 is 5.98. The fourth-order valence-electron chi connectivity index (χ4n) is 1.86. The van der Waals surface area contributed by atoms with Crippen molar-refractivity contribution in [2.45, 2.75) is 17.4 Å². The maximum Gasteiger partial charge on any atom is 0.182 e. The molecular weight excluding hydrogens is 248 g/mol. The maximum atomic E-state index is 12.0. The molecule has 0 saturated carbocycles. The number of hydrogen-bond donors (Lipinski definition) is 2. The van der Waals surface area contributed by atoms with Crippen molar-refractivity contribution in [1.82, 2.24) is 0 Å². The second-order valence-electron chi connectivity index (χ2n) is 3.81. The second kappa shape index (κ2) is 4.24. The van der Waals surface area contributed by atoms with Gasteiger partial charge in [-0.25, -0.2) is 8.42 Å². The number of rotatable bonds is 2. The van der Waals surface area contributed by atoms with E-state index >= 15 is 0 Å². The van der Waals surface area contributed by atoms with Gasteiger partial charge >= 0.3 is 0 Å². The molecule has 1 unspecified atom stereocenters. The van der Waals surface area contributed by atoms with Crippen molar-refractivity contribution in [1.29, 1.82) is 0 Å². The number of anilines is 1. The topological polar surface area (TPSA) is 72.2 Å². The summed E-state index contributed by atoms with van der Waals surface area (Å²) in [5, 5.41) is 3.56. The van der Waals surface area contributed by atoms with Crippen LogP contribution in [0, 0.1) is 0 Å². The monoisotopic (exact) mass is 260 g/mol. The predicted molar refractivity (Wildman–Crippen MR) is 64.6 cm³/mol. The van der Waals surface area contributed by atoms with E-state index in [2.05, 4.69) is 5.32 Å². The van der Waals surface area contributed by atoms with Crippen molar-refractivity contribution in [3.63, 3.8) is 0 Å². The van der Waals surface area contributed by atoms with Crippen molar-refractivity contribution >= 4 is 27.1 Å². The third-order valence-electron chi connectivity index (χ3n) is 2.59. The Morgan fingerprint density at radius 1 is 1.50 bits per heavy atom. The van der Waals surface area contributed by atoms with Gasteiger partial charge in [-0.1, -0.05) is 17.7 Å². The molecule has 0 aromatic heterocycles. The molecular formula is C10H13ClN2O2S. The third-order valence-corrected chi connectivity index (χ3v) is 4.76. The van der Waals surface area contributed by atoms with Crippen molar-refractivity contribution in [2.24, 2.45) is 5.73 Å². The smallest absolute Gasteiger partial charge is 0.182 e. The second-order valence-corrected chi connectivity index (χ2v) is 6.22. The lowest BCUT2D eigenvalue weighted by molar-refractivity contribution is 0.580. The molecule has 0 radical (unpaired) electrons. The highest BCUT2D eigenvalue weighted by Gasteiger charge is 2.30. The van der Waals surface area contributed by atoms with Gasteiger partial charge in [0.2, 0.25) is 0 Å². The predicted octanol–water partition coefficient (Wildman–Crippen LogP) is 1.26. The van der Waals surface area contributed by atoms with E-state index in [9.17, 15) is 8.42 Å². The summed E-state index contributed by atoms with van der Waals surface area (Å²) in [7, 11) is -3.24. The molecule has 0 aliphatic carbocycles. The zero-order valence-corrected chi connectivity index (χ0v) is 10.2. The van der Waals surface area contributed by atoms with Gasteiger partial charge in [-0.3, -0.25) is 0 Å². The standard InChI is InChI=1S/C10H13ClN2O2S/c11-8-2-1-3-9-10(8)13-7(4-5-12)6-16(9,14)15/h1-3,7,13H,4-6,12H2. The third kappa shape index (κ3) is 2.03. The molecule has 0 spiro atoms. The van der Waals surface area contributed by atoms with Crippen LogP contribution in [0.3, 0.4) is 0 Å². The van der Waals surface area contributed by atoms with E-state index in [0.717, 1.165) is 0 Å². The van der Waals surface area contributed by atoms with Crippen LogP contribution in [0.2, 0.25) is 5.02 Å². The molecule has 1 heterocycles. The van der Waals surface area contributed by atoms with Crippen molar-refractivity contribution in [3.05, 3.63) is 23.2 Å². The van der Waals surface area contributed by atoms with Crippen molar-refractivity contribution in [3.8, 4) is 0 Å². The molecule has 1 aromatic rings. The first-order chi connectivity index (χ1) is 7.54. The van der Waals surface area contributed by atoms with Gasteiger partial charge in [0.05, 0.1) is 21.4 Å². The summed E-state index contributed by atoms with van der Waals surface area (Å²) in [5.74, 6) is 0.0809. The number of para-hydroxylation sites is 1. The summed E-state index contributed by atoms with van der Waals surface area (Å²) in [6.45, 7) is 0.451. The zero-order chi connectivity index (χ0) is 11.8. The Labute approximate surface area is 99.7 Å². The van der Waals surface area contributed by atoms with Crippen LogP contribution in [0.5, 0.6) is 0 Å². The molecule has 88 valence electrons. The molecule has 6 heteroatoms. The molecule has 4 nitrogen and oxygen atoms in total. The highest BCUT2D eigenvalue weighted by Crippen LogP contribution is 2.34. The molecule has 1 atom stereocenters. The summed E-state index contributed by atoms with van der Waals surface area (Å²) in [4.78, 5) is 0.285. The molecule has 3 N–H and O–H groups in total. The number of halogens is 1. The first-order valence-corrected chi connectivity index (χ1v) is 7.05. The first kappa shape index (κ1) is 11.7. The van der Waals surface area contributed by atoms with Crippen LogP contribution < -0.4 is 11.1 Å². The number of fused-ring (bicyclic) bond motifs is 1. The molecule has 0 bridgehead atoms. The minimum atomic E-state index is -3.24.